The molecule has 2 atom stereocenters. The van der Waals surface area contributed by atoms with Gasteiger partial charge in [-0.2, -0.15) is 0 Å². The molecule has 2 unspecified atom stereocenters. The number of hydrogen-bond acceptors (Lipinski definition) is 3. The van der Waals surface area contributed by atoms with E-state index in [1.807, 2.05) is 10.8 Å². The van der Waals surface area contributed by atoms with Gasteiger partial charge in [-0.3, -0.25) is 9.59 Å². The zero-order valence-corrected chi connectivity index (χ0v) is 12.3. The van der Waals surface area contributed by atoms with Crippen LogP contribution in [0.5, 0.6) is 0 Å². The van der Waals surface area contributed by atoms with Gasteiger partial charge in [-0.1, -0.05) is 0 Å². The molecule has 108 valence electrons. The number of nitrogens with one attached hydrogen (secondary N) is 1. The van der Waals surface area contributed by atoms with Gasteiger partial charge in [0.15, 0.2) is 0 Å². The van der Waals surface area contributed by atoms with Crippen LogP contribution in [0.1, 0.15) is 29.4 Å². The van der Waals surface area contributed by atoms with Gasteiger partial charge >= 0.3 is 5.97 Å². The quantitative estimate of drug-likeness (QED) is 0.866. The number of halogens is 1. The van der Waals surface area contributed by atoms with Crippen molar-refractivity contribution in [2.45, 2.75) is 24.9 Å². The third-order valence-corrected chi connectivity index (χ3v) is 4.14. The molecular formula is C13H15BrN2O4. The van der Waals surface area contributed by atoms with Crippen molar-refractivity contribution in [2.75, 3.05) is 13.2 Å². The number of aromatic nitrogens is 1. The molecule has 1 saturated carbocycles. The second kappa shape index (κ2) is 5.21. The van der Waals surface area contributed by atoms with Gasteiger partial charge in [-0.25, -0.2) is 0 Å². The Kier molecular flexibility index (Phi) is 3.55. The van der Waals surface area contributed by atoms with E-state index in [0.717, 1.165) is 17.3 Å². The van der Waals surface area contributed by atoms with E-state index in [-0.39, 0.29) is 19.1 Å². The van der Waals surface area contributed by atoms with Crippen LogP contribution in [-0.2, 0) is 9.53 Å². The Morgan fingerprint density at radius 2 is 2.15 bits per heavy atom. The van der Waals surface area contributed by atoms with Crippen molar-refractivity contribution < 1.29 is 19.4 Å². The summed E-state index contributed by atoms with van der Waals surface area (Å²) in [4.78, 5) is 23.4. The number of hydrogen-bond donors (Lipinski definition) is 2. The van der Waals surface area contributed by atoms with Gasteiger partial charge in [-0.15, -0.1) is 0 Å². The number of ether oxygens (including phenoxy) is 1. The fourth-order valence-corrected chi connectivity index (χ4v) is 2.90. The maximum atomic E-state index is 12.3. The van der Waals surface area contributed by atoms with E-state index in [4.69, 9.17) is 9.84 Å². The molecule has 2 aliphatic rings. The minimum atomic E-state index is -0.938. The summed E-state index contributed by atoms with van der Waals surface area (Å²) in [5.41, 5.74) is 0.565. The van der Waals surface area contributed by atoms with E-state index in [1.165, 1.54) is 0 Å². The Labute approximate surface area is 124 Å². The molecule has 0 bridgehead atoms. The highest BCUT2D eigenvalue weighted by Crippen LogP contribution is 2.37. The first-order chi connectivity index (χ1) is 9.56. The number of carboxylic acid groups (broad SMARTS) is 1. The molecule has 0 spiro atoms. The summed E-state index contributed by atoms with van der Waals surface area (Å²) < 4.78 is 7.95. The Morgan fingerprint density at radius 3 is 2.80 bits per heavy atom. The van der Waals surface area contributed by atoms with E-state index < -0.39 is 17.9 Å². The summed E-state index contributed by atoms with van der Waals surface area (Å²) in [5, 5.41) is 11.9. The van der Waals surface area contributed by atoms with Crippen LogP contribution in [0.3, 0.4) is 0 Å². The Balaban J connectivity index is 1.74. The van der Waals surface area contributed by atoms with E-state index in [9.17, 15) is 9.59 Å². The number of nitrogens with zero attached hydrogens (tertiary/aromatic N) is 1. The lowest BCUT2D eigenvalue weighted by molar-refractivity contribution is -0.142. The van der Waals surface area contributed by atoms with Crippen molar-refractivity contribution in [1.82, 2.24) is 9.88 Å². The number of amides is 1. The fraction of sp³-hybridized carbons (Fsp3) is 0.538. The van der Waals surface area contributed by atoms with Gasteiger partial charge < -0.3 is 19.7 Å². The zero-order valence-electron chi connectivity index (χ0n) is 10.7. The molecule has 2 fully saturated rings. The minimum absolute atomic E-state index is 0.146. The van der Waals surface area contributed by atoms with Gasteiger partial charge in [0, 0.05) is 16.7 Å². The second-order valence-corrected chi connectivity index (χ2v) is 6.16. The lowest BCUT2D eigenvalue weighted by Crippen LogP contribution is -2.43. The largest absolute Gasteiger partial charge is 0.481 e. The molecule has 7 heteroatoms. The fourth-order valence-electron chi connectivity index (χ4n) is 2.46. The van der Waals surface area contributed by atoms with Gasteiger partial charge in [0.2, 0.25) is 0 Å². The average Bonchev–Trinajstić information content (AvgIpc) is 3.00. The van der Waals surface area contributed by atoms with E-state index >= 15 is 0 Å². The van der Waals surface area contributed by atoms with Crippen molar-refractivity contribution in [3.63, 3.8) is 0 Å². The highest BCUT2D eigenvalue weighted by molar-refractivity contribution is 9.10. The highest BCUT2D eigenvalue weighted by Gasteiger charge is 2.36. The molecular weight excluding hydrogens is 328 g/mol. The molecule has 1 saturated heterocycles. The molecule has 2 N–H and O–H groups in total. The van der Waals surface area contributed by atoms with Crippen molar-refractivity contribution in [3.8, 4) is 0 Å². The third kappa shape index (κ3) is 2.60. The normalized spacial score (nSPS) is 25.6. The molecule has 1 aliphatic heterocycles. The van der Waals surface area contributed by atoms with Crippen LogP contribution in [0.15, 0.2) is 16.7 Å². The van der Waals surface area contributed by atoms with Gasteiger partial charge in [0.05, 0.1) is 19.3 Å². The summed E-state index contributed by atoms with van der Waals surface area (Å²) in [6.45, 7) is 0.391. The first-order valence-corrected chi connectivity index (χ1v) is 7.34. The standard InChI is InChI=1S/C13H15BrN2O4/c14-7-3-11(16(4-7)8-1-2-8)12(17)15-10-6-20-5-9(10)13(18)19/h3-4,8-10H,1-2,5-6H2,(H,15,17)(H,18,19). The van der Waals surface area contributed by atoms with Crippen molar-refractivity contribution >= 4 is 27.8 Å². The van der Waals surface area contributed by atoms with E-state index in [0.29, 0.717) is 11.7 Å². The number of carbonyl (C=O) groups is 2. The van der Waals surface area contributed by atoms with E-state index in [1.54, 1.807) is 6.07 Å². The van der Waals surface area contributed by atoms with Crippen LogP contribution in [0.4, 0.5) is 0 Å². The minimum Gasteiger partial charge on any atom is -0.481 e. The van der Waals surface area contributed by atoms with Crippen LogP contribution in [0.2, 0.25) is 0 Å². The van der Waals surface area contributed by atoms with Crippen LogP contribution in [0, 0.1) is 5.92 Å². The Bertz CT molecular complexity index is 553. The maximum absolute atomic E-state index is 12.3. The summed E-state index contributed by atoms with van der Waals surface area (Å²) in [6.07, 6.45) is 4.05. The summed E-state index contributed by atoms with van der Waals surface area (Å²) in [6, 6.07) is 1.68. The third-order valence-electron chi connectivity index (χ3n) is 3.70. The number of carboxylic acids is 1. The zero-order chi connectivity index (χ0) is 14.3. The SMILES string of the molecule is O=C(NC1COCC1C(=O)O)c1cc(Br)cn1C1CC1. The molecule has 3 rings (SSSR count). The number of aliphatic carboxylic acids is 1. The predicted octanol–water partition coefficient (Wildman–Crippen LogP) is 1.41. The molecule has 1 amide bonds. The van der Waals surface area contributed by atoms with Crippen molar-refractivity contribution in [1.29, 1.82) is 0 Å². The van der Waals surface area contributed by atoms with E-state index in [2.05, 4.69) is 21.2 Å². The molecule has 1 aromatic heterocycles. The first kappa shape index (κ1) is 13.6. The van der Waals surface area contributed by atoms with Gasteiger partial charge in [0.25, 0.3) is 5.91 Å². The van der Waals surface area contributed by atoms with Gasteiger partial charge in [-0.05, 0) is 34.8 Å². The highest BCUT2D eigenvalue weighted by atomic mass is 79.9. The van der Waals surface area contributed by atoms with Crippen LogP contribution >= 0.6 is 15.9 Å². The topological polar surface area (TPSA) is 80.6 Å². The monoisotopic (exact) mass is 342 g/mol. The first-order valence-electron chi connectivity index (χ1n) is 6.55. The van der Waals surface area contributed by atoms with Crippen molar-refractivity contribution in [3.05, 3.63) is 22.4 Å². The van der Waals surface area contributed by atoms with Crippen LogP contribution < -0.4 is 5.32 Å². The average molecular weight is 343 g/mol. The smallest absolute Gasteiger partial charge is 0.311 e. The molecule has 0 radical (unpaired) electrons. The summed E-state index contributed by atoms with van der Waals surface area (Å²) in [5.74, 6) is -1.86. The molecule has 1 aliphatic carbocycles. The van der Waals surface area contributed by atoms with Gasteiger partial charge in [0.1, 0.15) is 11.6 Å². The molecule has 2 heterocycles. The molecule has 20 heavy (non-hydrogen) atoms. The van der Waals surface area contributed by atoms with Crippen molar-refractivity contribution in [2.24, 2.45) is 5.92 Å². The molecule has 1 aromatic rings. The molecule has 6 nitrogen and oxygen atoms in total. The molecule has 0 aromatic carbocycles. The lowest BCUT2D eigenvalue weighted by atomic mass is 10.0. The maximum Gasteiger partial charge on any atom is 0.311 e. The number of carbonyl (C=O) groups excluding carboxylic acids is 1. The lowest BCUT2D eigenvalue weighted by Gasteiger charge is -2.16. The second-order valence-electron chi connectivity index (χ2n) is 5.24. The summed E-state index contributed by atoms with van der Waals surface area (Å²) in [7, 11) is 0. The summed E-state index contributed by atoms with van der Waals surface area (Å²) >= 11 is 3.38. The van der Waals surface area contributed by atoms with Crippen LogP contribution in [-0.4, -0.2) is 40.8 Å². The van der Waals surface area contributed by atoms with Crippen LogP contribution in [0.25, 0.3) is 0 Å². The predicted molar refractivity (Wildman–Crippen MR) is 73.6 cm³/mol. The Morgan fingerprint density at radius 1 is 1.40 bits per heavy atom. The Hall–Kier alpha value is -1.34. The number of rotatable bonds is 4.